The standard InChI is InChI=1S/C16H18N2O2/c1-11-4-6-12(7-5-11)18(2)13-8-9-15(17)14(10-13)16(19)20-3/h4-10H,17H2,1-3H3. The molecule has 2 N–H and O–H groups in total. The molecule has 0 aliphatic rings. The van der Waals surface area contributed by atoms with Crippen LogP contribution in [-0.4, -0.2) is 20.1 Å². The molecule has 0 aliphatic heterocycles. The third kappa shape index (κ3) is 2.74. The van der Waals surface area contributed by atoms with E-state index in [4.69, 9.17) is 10.5 Å². The van der Waals surface area contributed by atoms with E-state index >= 15 is 0 Å². The van der Waals surface area contributed by atoms with Crippen molar-refractivity contribution in [3.8, 4) is 0 Å². The van der Waals surface area contributed by atoms with Gasteiger partial charge in [-0.3, -0.25) is 0 Å². The number of hydrogen-bond acceptors (Lipinski definition) is 4. The summed E-state index contributed by atoms with van der Waals surface area (Å²) in [6, 6.07) is 13.5. The molecule has 20 heavy (non-hydrogen) atoms. The van der Waals surface area contributed by atoms with Gasteiger partial charge in [-0.2, -0.15) is 0 Å². The second-order valence-electron chi connectivity index (χ2n) is 4.66. The number of carbonyl (C=O) groups is 1. The third-order valence-electron chi connectivity index (χ3n) is 3.25. The number of carbonyl (C=O) groups excluding carboxylic acids is 1. The van der Waals surface area contributed by atoms with Gasteiger partial charge in [0.15, 0.2) is 0 Å². The Morgan fingerprint density at radius 2 is 1.70 bits per heavy atom. The zero-order valence-corrected chi connectivity index (χ0v) is 11.9. The molecule has 2 rings (SSSR count). The molecular formula is C16H18N2O2. The topological polar surface area (TPSA) is 55.6 Å². The highest BCUT2D eigenvalue weighted by Crippen LogP contribution is 2.27. The molecule has 0 fully saturated rings. The van der Waals surface area contributed by atoms with Crippen LogP contribution in [0.4, 0.5) is 17.1 Å². The summed E-state index contributed by atoms with van der Waals surface area (Å²) in [6.07, 6.45) is 0. The molecule has 0 spiro atoms. The fraction of sp³-hybridized carbons (Fsp3) is 0.188. The van der Waals surface area contributed by atoms with Crippen molar-refractivity contribution in [2.75, 3.05) is 24.8 Å². The third-order valence-corrected chi connectivity index (χ3v) is 3.25. The van der Waals surface area contributed by atoms with Crippen LogP contribution in [0.5, 0.6) is 0 Å². The Kier molecular flexibility index (Phi) is 3.94. The molecule has 0 heterocycles. The molecule has 0 radical (unpaired) electrons. The number of anilines is 3. The quantitative estimate of drug-likeness (QED) is 0.687. The molecule has 4 nitrogen and oxygen atoms in total. The lowest BCUT2D eigenvalue weighted by atomic mass is 10.1. The predicted octanol–water partition coefficient (Wildman–Crippen LogP) is 3.13. The van der Waals surface area contributed by atoms with Gasteiger partial charge in [0.25, 0.3) is 0 Å². The van der Waals surface area contributed by atoms with E-state index in [2.05, 4.69) is 0 Å². The maximum atomic E-state index is 11.7. The minimum Gasteiger partial charge on any atom is -0.465 e. The van der Waals surface area contributed by atoms with Crippen molar-refractivity contribution in [3.05, 3.63) is 53.6 Å². The summed E-state index contributed by atoms with van der Waals surface area (Å²) in [7, 11) is 3.29. The molecular weight excluding hydrogens is 252 g/mol. The Bertz CT molecular complexity index is 621. The number of ether oxygens (including phenoxy) is 1. The zero-order valence-electron chi connectivity index (χ0n) is 11.9. The first kappa shape index (κ1) is 13.9. The number of methoxy groups -OCH3 is 1. The first-order chi connectivity index (χ1) is 9.52. The number of rotatable bonds is 3. The first-order valence-electron chi connectivity index (χ1n) is 6.31. The van der Waals surface area contributed by atoms with E-state index in [1.165, 1.54) is 12.7 Å². The molecule has 0 saturated carbocycles. The lowest BCUT2D eigenvalue weighted by molar-refractivity contribution is 0.0602. The van der Waals surface area contributed by atoms with Gasteiger partial charge in [0.2, 0.25) is 0 Å². The maximum Gasteiger partial charge on any atom is 0.340 e. The highest BCUT2D eigenvalue weighted by Gasteiger charge is 2.13. The van der Waals surface area contributed by atoms with Crippen LogP contribution in [0.2, 0.25) is 0 Å². The van der Waals surface area contributed by atoms with Crippen LogP contribution in [-0.2, 0) is 4.74 Å². The summed E-state index contributed by atoms with van der Waals surface area (Å²) < 4.78 is 4.74. The Hall–Kier alpha value is -2.49. The molecule has 0 bridgehead atoms. The van der Waals surface area contributed by atoms with E-state index in [1.807, 2.05) is 49.2 Å². The fourth-order valence-electron chi connectivity index (χ4n) is 1.96. The van der Waals surface area contributed by atoms with Gasteiger partial charge in [0.1, 0.15) is 0 Å². The summed E-state index contributed by atoms with van der Waals surface area (Å²) in [5.74, 6) is -0.429. The van der Waals surface area contributed by atoms with Crippen LogP contribution in [0, 0.1) is 6.92 Å². The molecule has 0 atom stereocenters. The zero-order chi connectivity index (χ0) is 14.7. The largest absolute Gasteiger partial charge is 0.465 e. The Morgan fingerprint density at radius 1 is 1.10 bits per heavy atom. The molecule has 2 aromatic rings. The van der Waals surface area contributed by atoms with Crippen molar-refractivity contribution in [2.45, 2.75) is 6.92 Å². The second-order valence-corrected chi connectivity index (χ2v) is 4.66. The van der Waals surface area contributed by atoms with E-state index in [0.29, 0.717) is 11.3 Å². The number of nitrogens with two attached hydrogens (primary N) is 1. The van der Waals surface area contributed by atoms with Gasteiger partial charge in [-0.1, -0.05) is 17.7 Å². The molecule has 0 saturated heterocycles. The average molecular weight is 270 g/mol. The summed E-state index contributed by atoms with van der Waals surface area (Å²) in [5, 5.41) is 0. The number of benzene rings is 2. The molecule has 0 amide bonds. The van der Waals surface area contributed by atoms with Crippen molar-refractivity contribution in [1.82, 2.24) is 0 Å². The highest BCUT2D eigenvalue weighted by molar-refractivity contribution is 5.96. The minimum absolute atomic E-state index is 0.379. The van der Waals surface area contributed by atoms with Gasteiger partial charge in [0.05, 0.1) is 12.7 Å². The molecule has 2 aromatic carbocycles. The Labute approximate surface area is 118 Å². The van der Waals surface area contributed by atoms with E-state index in [0.717, 1.165) is 11.4 Å². The Morgan fingerprint density at radius 3 is 2.30 bits per heavy atom. The summed E-state index contributed by atoms with van der Waals surface area (Å²) in [5.41, 5.74) is 9.72. The molecule has 0 aromatic heterocycles. The smallest absolute Gasteiger partial charge is 0.340 e. The van der Waals surface area contributed by atoms with Crippen LogP contribution >= 0.6 is 0 Å². The van der Waals surface area contributed by atoms with Gasteiger partial charge in [-0.15, -0.1) is 0 Å². The highest BCUT2D eigenvalue weighted by atomic mass is 16.5. The first-order valence-corrected chi connectivity index (χ1v) is 6.31. The van der Waals surface area contributed by atoms with Gasteiger partial charge < -0.3 is 15.4 Å². The number of hydrogen-bond donors (Lipinski definition) is 1. The van der Waals surface area contributed by atoms with Crippen molar-refractivity contribution < 1.29 is 9.53 Å². The van der Waals surface area contributed by atoms with Crippen molar-refractivity contribution in [2.24, 2.45) is 0 Å². The minimum atomic E-state index is -0.429. The van der Waals surface area contributed by atoms with E-state index in [1.54, 1.807) is 12.1 Å². The summed E-state index contributed by atoms with van der Waals surface area (Å²) in [6.45, 7) is 2.04. The van der Waals surface area contributed by atoms with Gasteiger partial charge >= 0.3 is 5.97 Å². The average Bonchev–Trinajstić information content (AvgIpc) is 2.47. The fourth-order valence-corrected chi connectivity index (χ4v) is 1.96. The van der Waals surface area contributed by atoms with Crippen molar-refractivity contribution in [3.63, 3.8) is 0 Å². The van der Waals surface area contributed by atoms with Crippen LogP contribution in [0.3, 0.4) is 0 Å². The van der Waals surface area contributed by atoms with E-state index in [9.17, 15) is 4.79 Å². The van der Waals surface area contributed by atoms with Crippen LogP contribution < -0.4 is 10.6 Å². The molecule has 4 heteroatoms. The maximum absolute atomic E-state index is 11.7. The number of esters is 1. The van der Waals surface area contributed by atoms with Crippen molar-refractivity contribution >= 4 is 23.0 Å². The van der Waals surface area contributed by atoms with E-state index < -0.39 is 5.97 Å². The van der Waals surface area contributed by atoms with Gasteiger partial charge in [-0.25, -0.2) is 4.79 Å². The van der Waals surface area contributed by atoms with Crippen LogP contribution in [0.15, 0.2) is 42.5 Å². The number of nitrogen functional groups attached to an aromatic ring is 1. The second kappa shape index (κ2) is 5.65. The lowest BCUT2D eigenvalue weighted by Gasteiger charge is -2.20. The molecule has 0 unspecified atom stereocenters. The van der Waals surface area contributed by atoms with Gasteiger partial charge in [0, 0.05) is 24.1 Å². The van der Waals surface area contributed by atoms with Crippen LogP contribution in [0.25, 0.3) is 0 Å². The summed E-state index contributed by atoms with van der Waals surface area (Å²) in [4.78, 5) is 13.7. The SMILES string of the molecule is COC(=O)c1cc(N(C)c2ccc(C)cc2)ccc1N. The molecule has 0 aliphatic carbocycles. The molecule has 104 valence electrons. The predicted molar refractivity (Wildman–Crippen MR) is 81.4 cm³/mol. The van der Waals surface area contributed by atoms with Gasteiger partial charge in [-0.05, 0) is 37.3 Å². The monoisotopic (exact) mass is 270 g/mol. The Balaban J connectivity index is 2.37. The van der Waals surface area contributed by atoms with Crippen molar-refractivity contribution in [1.29, 1.82) is 0 Å². The number of nitrogens with zero attached hydrogens (tertiary/aromatic N) is 1. The van der Waals surface area contributed by atoms with E-state index in [-0.39, 0.29) is 0 Å². The number of aryl methyl sites for hydroxylation is 1. The van der Waals surface area contributed by atoms with Crippen LogP contribution in [0.1, 0.15) is 15.9 Å². The summed E-state index contributed by atoms with van der Waals surface area (Å²) >= 11 is 0. The normalized spacial score (nSPS) is 10.2. The lowest BCUT2D eigenvalue weighted by Crippen LogP contribution is -2.12.